The van der Waals surface area contributed by atoms with Crippen LogP contribution in [0.3, 0.4) is 0 Å². The van der Waals surface area contributed by atoms with Gasteiger partial charge in [0.25, 0.3) is 0 Å². The van der Waals surface area contributed by atoms with Crippen molar-refractivity contribution in [1.29, 1.82) is 0 Å². The highest BCUT2D eigenvalue weighted by Crippen LogP contribution is 2.36. The average molecular weight is 347 g/mol. The molecule has 1 unspecified atom stereocenters. The highest BCUT2D eigenvalue weighted by molar-refractivity contribution is 7.82. The first-order valence-corrected chi connectivity index (χ1v) is 10.0. The van der Waals surface area contributed by atoms with E-state index >= 15 is 0 Å². The Morgan fingerprint density at radius 2 is 2.04 bits per heavy atom. The van der Waals surface area contributed by atoms with E-state index in [0.717, 1.165) is 35.4 Å². The van der Waals surface area contributed by atoms with Crippen LogP contribution in [0.1, 0.15) is 32.1 Å². The molecule has 0 saturated heterocycles. The SMILES string of the molecule is CN(c1ncnc2[nH]ccc12)C1CC(CS(=O)N(C)C2CCC2)C1. The topological polar surface area (TPSA) is 65.1 Å². The van der Waals surface area contributed by atoms with Gasteiger partial charge in [0.2, 0.25) is 0 Å². The number of nitrogens with one attached hydrogen (secondary N) is 1. The van der Waals surface area contributed by atoms with Crippen LogP contribution >= 0.6 is 0 Å². The fourth-order valence-corrected chi connectivity index (χ4v) is 5.16. The first kappa shape index (κ1) is 16.0. The smallest absolute Gasteiger partial charge is 0.142 e. The van der Waals surface area contributed by atoms with Gasteiger partial charge < -0.3 is 9.88 Å². The summed E-state index contributed by atoms with van der Waals surface area (Å²) in [7, 11) is 3.30. The molecule has 0 radical (unpaired) electrons. The van der Waals surface area contributed by atoms with Gasteiger partial charge >= 0.3 is 0 Å². The van der Waals surface area contributed by atoms with E-state index in [4.69, 9.17) is 0 Å². The molecule has 2 aliphatic carbocycles. The van der Waals surface area contributed by atoms with Gasteiger partial charge in [0.1, 0.15) is 17.8 Å². The molecule has 130 valence electrons. The number of H-pyrrole nitrogens is 1. The quantitative estimate of drug-likeness (QED) is 0.871. The van der Waals surface area contributed by atoms with E-state index in [1.165, 1.54) is 19.3 Å². The Labute approximate surface area is 145 Å². The van der Waals surface area contributed by atoms with E-state index in [-0.39, 0.29) is 0 Å². The molecule has 2 heterocycles. The Balaban J connectivity index is 1.33. The lowest BCUT2D eigenvalue weighted by atomic mass is 9.81. The van der Waals surface area contributed by atoms with Crippen molar-refractivity contribution in [1.82, 2.24) is 19.3 Å². The minimum Gasteiger partial charge on any atom is -0.356 e. The van der Waals surface area contributed by atoms with Gasteiger partial charge in [-0.25, -0.2) is 18.5 Å². The van der Waals surface area contributed by atoms with Gasteiger partial charge in [0, 0.05) is 38.1 Å². The van der Waals surface area contributed by atoms with Gasteiger partial charge in [-0.2, -0.15) is 0 Å². The molecule has 2 aromatic rings. The van der Waals surface area contributed by atoms with Crippen LogP contribution < -0.4 is 4.90 Å². The van der Waals surface area contributed by atoms with Gasteiger partial charge in [0.05, 0.1) is 16.4 Å². The van der Waals surface area contributed by atoms with E-state index in [1.54, 1.807) is 6.33 Å². The van der Waals surface area contributed by atoms with Gasteiger partial charge in [0.15, 0.2) is 0 Å². The van der Waals surface area contributed by atoms with Crippen molar-refractivity contribution in [2.45, 2.75) is 44.2 Å². The molecule has 1 atom stereocenters. The summed E-state index contributed by atoms with van der Waals surface area (Å²) < 4.78 is 14.6. The summed E-state index contributed by atoms with van der Waals surface area (Å²) in [5.74, 6) is 2.35. The lowest BCUT2D eigenvalue weighted by Crippen LogP contribution is -2.47. The fourth-order valence-electron chi connectivity index (χ4n) is 3.70. The number of aromatic nitrogens is 3. The van der Waals surface area contributed by atoms with E-state index in [9.17, 15) is 4.21 Å². The number of anilines is 1. The Hall–Kier alpha value is -1.47. The normalized spacial score (nSPS) is 25.5. The molecule has 2 fully saturated rings. The molecule has 0 bridgehead atoms. The second kappa shape index (κ2) is 6.44. The van der Waals surface area contributed by atoms with E-state index in [2.05, 4.69) is 31.2 Å². The van der Waals surface area contributed by atoms with Crippen molar-refractivity contribution in [3.05, 3.63) is 18.6 Å². The van der Waals surface area contributed by atoms with Gasteiger partial charge in [-0.3, -0.25) is 0 Å². The Bertz CT molecular complexity index is 737. The van der Waals surface area contributed by atoms with Crippen molar-refractivity contribution < 1.29 is 4.21 Å². The third-order valence-electron chi connectivity index (χ3n) is 5.71. The fraction of sp³-hybridized carbons (Fsp3) is 0.647. The molecule has 6 nitrogen and oxygen atoms in total. The molecule has 2 saturated carbocycles. The van der Waals surface area contributed by atoms with Crippen LogP contribution in [-0.4, -0.2) is 55.4 Å². The maximum absolute atomic E-state index is 12.5. The molecule has 2 aliphatic rings. The molecular formula is C17H25N5OS. The highest BCUT2D eigenvalue weighted by atomic mass is 32.2. The zero-order chi connectivity index (χ0) is 16.7. The van der Waals surface area contributed by atoms with Crippen LogP contribution in [0, 0.1) is 5.92 Å². The molecule has 0 spiro atoms. The van der Waals surface area contributed by atoms with Crippen LogP contribution in [0.4, 0.5) is 5.82 Å². The number of aromatic amines is 1. The Morgan fingerprint density at radius 1 is 1.25 bits per heavy atom. The lowest BCUT2D eigenvalue weighted by Gasteiger charge is -2.42. The summed E-state index contributed by atoms with van der Waals surface area (Å²) >= 11 is 0. The van der Waals surface area contributed by atoms with E-state index < -0.39 is 11.0 Å². The molecule has 24 heavy (non-hydrogen) atoms. The standard InChI is InChI=1S/C17H25N5OS/c1-21(17-15-6-7-18-16(15)19-11-20-17)14-8-12(9-14)10-24(23)22(2)13-4-3-5-13/h6-7,11-14H,3-5,8-10H2,1-2H3,(H,18,19,20). The summed E-state index contributed by atoms with van der Waals surface area (Å²) in [6.07, 6.45) is 9.41. The summed E-state index contributed by atoms with van der Waals surface area (Å²) in [6, 6.07) is 3.06. The van der Waals surface area contributed by atoms with Crippen molar-refractivity contribution in [3.63, 3.8) is 0 Å². The molecule has 7 heteroatoms. The predicted molar refractivity (Wildman–Crippen MR) is 97.2 cm³/mol. The Morgan fingerprint density at radius 3 is 2.75 bits per heavy atom. The zero-order valence-corrected chi connectivity index (χ0v) is 15.1. The van der Waals surface area contributed by atoms with Crippen LogP contribution in [-0.2, 0) is 11.0 Å². The molecule has 2 aromatic heterocycles. The van der Waals surface area contributed by atoms with Gasteiger partial charge in [-0.15, -0.1) is 0 Å². The summed E-state index contributed by atoms with van der Waals surface area (Å²) in [5, 5.41) is 1.07. The van der Waals surface area contributed by atoms with E-state index in [1.807, 2.05) is 19.3 Å². The van der Waals surface area contributed by atoms with Crippen molar-refractivity contribution in [3.8, 4) is 0 Å². The first-order chi connectivity index (χ1) is 11.6. The second-order valence-corrected chi connectivity index (χ2v) is 8.71. The molecule has 0 amide bonds. The number of rotatable bonds is 6. The maximum atomic E-state index is 12.5. The van der Waals surface area contributed by atoms with Crippen LogP contribution in [0.2, 0.25) is 0 Å². The first-order valence-electron chi connectivity index (χ1n) is 8.75. The number of hydrogen-bond donors (Lipinski definition) is 1. The van der Waals surface area contributed by atoms with Crippen LogP contribution in [0.5, 0.6) is 0 Å². The molecule has 1 N–H and O–H groups in total. The number of hydrogen-bond acceptors (Lipinski definition) is 4. The zero-order valence-electron chi connectivity index (χ0n) is 14.3. The minimum atomic E-state index is -0.827. The molecule has 4 rings (SSSR count). The molecular weight excluding hydrogens is 322 g/mol. The van der Waals surface area contributed by atoms with Gasteiger partial charge in [-0.1, -0.05) is 6.42 Å². The number of fused-ring (bicyclic) bond motifs is 1. The van der Waals surface area contributed by atoms with Crippen LogP contribution in [0.15, 0.2) is 18.6 Å². The Kier molecular flexibility index (Phi) is 4.30. The van der Waals surface area contributed by atoms with Crippen LogP contribution in [0.25, 0.3) is 11.0 Å². The molecule has 0 aliphatic heterocycles. The molecule has 0 aromatic carbocycles. The van der Waals surface area contributed by atoms with Crippen molar-refractivity contribution in [2.75, 3.05) is 24.7 Å². The van der Waals surface area contributed by atoms with Crippen molar-refractivity contribution >= 4 is 27.8 Å². The summed E-state index contributed by atoms with van der Waals surface area (Å²) in [6.45, 7) is 0. The largest absolute Gasteiger partial charge is 0.356 e. The third kappa shape index (κ3) is 2.84. The monoisotopic (exact) mass is 347 g/mol. The number of nitrogens with zero attached hydrogens (tertiary/aromatic N) is 4. The average Bonchev–Trinajstić information content (AvgIpc) is 2.96. The third-order valence-corrected chi connectivity index (χ3v) is 7.41. The highest BCUT2D eigenvalue weighted by Gasteiger charge is 2.36. The van der Waals surface area contributed by atoms with Gasteiger partial charge in [-0.05, 0) is 37.7 Å². The second-order valence-electron chi connectivity index (χ2n) is 7.16. The van der Waals surface area contributed by atoms with Crippen molar-refractivity contribution in [2.24, 2.45) is 5.92 Å². The minimum absolute atomic E-state index is 0.481. The summed E-state index contributed by atoms with van der Waals surface area (Å²) in [4.78, 5) is 14.1. The van der Waals surface area contributed by atoms with E-state index in [0.29, 0.717) is 18.0 Å². The maximum Gasteiger partial charge on any atom is 0.142 e. The predicted octanol–water partition coefficient (Wildman–Crippen LogP) is 2.32. The summed E-state index contributed by atoms with van der Waals surface area (Å²) in [5.41, 5.74) is 0.881. The lowest BCUT2D eigenvalue weighted by molar-refractivity contribution is 0.250.